The highest BCUT2D eigenvalue weighted by atomic mass is 32.2. The van der Waals surface area contributed by atoms with Crippen LogP contribution in [0.15, 0.2) is 30.5 Å². The van der Waals surface area contributed by atoms with E-state index < -0.39 is 22.4 Å². The van der Waals surface area contributed by atoms with E-state index in [1.165, 1.54) is 0 Å². The molecule has 0 spiro atoms. The lowest BCUT2D eigenvalue weighted by molar-refractivity contribution is -0.138. The predicted molar refractivity (Wildman–Crippen MR) is 102 cm³/mol. The highest BCUT2D eigenvalue weighted by Gasteiger charge is 2.36. The normalized spacial score (nSPS) is 19.7. The van der Waals surface area contributed by atoms with Crippen LogP contribution in [0.25, 0.3) is 10.9 Å². The van der Waals surface area contributed by atoms with Crippen LogP contribution < -0.4 is 0 Å². The quantitative estimate of drug-likeness (QED) is 0.760. The Hall–Kier alpha value is -2.35. The molecule has 1 aromatic heterocycles. The lowest BCUT2D eigenvalue weighted by Gasteiger charge is -2.33. The highest BCUT2D eigenvalue weighted by Crippen LogP contribution is 2.22. The van der Waals surface area contributed by atoms with Gasteiger partial charge in [-0.1, -0.05) is 25.1 Å². The van der Waals surface area contributed by atoms with Crippen molar-refractivity contribution in [1.82, 2.24) is 9.88 Å². The Labute approximate surface area is 158 Å². The number of esters is 1. The lowest BCUT2D eigenvalue weighted by atomic mass is 10.1. The Morgan fingerprint density at radius 3 is 2.74 bits per heavy atom. The second kappa shape index (κ2) is 7.72. The molecule has 1 aliphatic heterocycles. The molecule has 1 aromatic carbocycles. The van der Waals surface area contributed by atoms with Gasteiger partial charge < -0.3 is 14.6 Å². The summed E-state index contributed by atoms with van der Waals surface area (Å²) in [6.45, 7) is 3.41. The summed E-state index contributed by atoms with van der Waals surface area (Å²) in [7, 11) is -3.11. The topological polar surface area (TPSA) is 96.5 Å². The van der Waals surface area contributed by atoms with Gasteiger partial charge in [-0.25, -0.2) is 13.2 Å². The number of nitrogens with zero attached hydrogens (tertiary/aromatic N) is 1. The molecule has 2 atom stereocenters. The van der Waals surface area contributed by atoms with Crippen molar-refractivity contribution in [3.05, 3.63) is 36.0 Å². The van der Waals surface area contributed by atoms with Gasteiger partial charge in [0.05, 0.1) is 17.1 Å². The summed E-state index contributed by atoms with van der Waals surface area (Å²) in [6.07, 6.45) is 2.68. The van der Waals surface area contributed by atoms with Crippen LogP contribution in [0.4, 0.5) is 0 Å². The average Bonchev–Trinajstić information content (AvgIpc) is 3.23. The molecular formula is C19H24N2O5S. The molecule has 2 aromatic rings. The minimum Gasteiger partial charge on any atom is -0.452 e. The van der Waals surface area contributed by atoms with E-state index in [0.717, 1.165) is 10.9 Å². The summed E-state index contributed by atoms with van der Waals surface area (Å²) in [4.78, 5) is 29.7. The maximum atomic E-state index is 12.7. The van der Waals surface area contributed by atoms with Crippen LogP contribution in [0.1, 0.15) is 37.0 Å². The molecule has 1 fully saturated rings. The van der Waals surface area contributed by atoms with Crippen molar-refractivity contribution >= 4 is 32.6 Å². The molecule has 1 N–H and O–H groups in total. The molecule has 146 valence electrons. The van der Waals surface area contributed by atoms with E-state index in [9.17, 15) is 18.0 Å². The number of aromatic nitrogens is 1. The van der Waals surface area contributed by atoms with Crippen molar-refractivity contribution in [2.75, 3.05) is 18.1 Å². The Balaban J connectivity index is 1.69. The SMILES string of the molecule is CC[C@H](C)N(C(=O)COC(=O)c1c[nH]c2ccccc12)[C@H]1CCS(=O)(=O)C1. The fourth-order valence-electron chi connectivity index (χ4n) is 3.52. The minimum atomic E-state index is -3.11. The van der Waals surface area contributed by atoms with E-state index in [4.69, 9.17) is 4.74 Å². The molecule has 0 unspecified atom stereocenters. The zero-order chi connectivity index (χ0) is 19.6. The number of amides is 1. The Morgan fingerprint density at radius 2 is 2.07 bits per heavy atom. The molecule has 27 heavy (non-hydrogen) atoms. The number of carbonyl (C=O) groups excluding carboxylic acids is 2. The number of para-hydroxylation sites is 1. The number of carbonyl (C=O) groups is 2. The first-order valence-corrected chi connectivity index (χ1v) is 10.9. The number of hydrogen-bond donors (Lipinski definition) is 1. The van der Waals surface area contributed by atoms with Gasteiger partial charge in [-0.2, -0.15) is 0 Å². The molecule has 7 nitrogen and oxygen atoms in total. The molecule has 1 aliphatic rings. The highest BCUT2D eigenvalue weighted by molar-refractivity contribution is 7.91. The third kappa shape index (κ3) is 4.16. The molecule has 0 saturated carbocycles. The zero-order valence-electron chi connectivity index (χ0n) is 15.5. The molecule has 1 saturated heterocycles. The van der Waals surface area contributed by atoms with Gasteiger partial charge in [0.25, 0.3) is 5.91 Å². The summed E-state index contributed by atoms with van der Waals surface area (Å²) in [5.74, 6) is -0.879. The molecule has 8 heteroatoms. The van der Waals surface area contributed by atoms with Gasteiger partial charge in [-0.15, -0.1) is 0 Å². The van der Waals surface area contributed by atoms with Crippen LogP contribution in [0.5, 0.6) is 0 Å². The first-order chi connectivity index (χ1) is 12.8. The zero-order valence-corrected chi connectivity index (χ0v) is 16.3. The van der Waals surface area contributed by atoms with Crippen LogP contribution in [0.2, 0.25) is 0 Å². The molecule has 3 rings (SSSR count). The number of benzene rings is 1. The van der Waals surface area contributed by atoms with Gasteiger partial charge in [-0.3, -0.25) is 4.79 Å². The van der Waals surface area contributed by atoms with Gasteiger partial charge in [0.1, 0.15) is 0 Å². The summed E-state index contributed by atoms with van der Waals surface area (Å²) in [6, 6.07) is 6.86. The number of nitrogens with one attached hydrogen (secondary N) is 1. The van der Waals surface area contributed by atoms with Gasteiger partial charge >= 0.3 is 5.97 Å². The van der Waals surface area contributed by atoms with Gasteiger partial charge in [0, 0.05) is 29.2 Å². The monoisotopic (exact) mass is 392 g/mol. The summed E-state index contributed by atoms with van der Waals surface area (Å²) < 4.78 is 28.8. The molecule has 0 aliphatic carbocycles. The first-order valence-electron chi connectivity index (χ1n) is 9.07. The van der Waals surface area contributed by atoms with Gasteiger partial charge in [0.15, 0.2) is 16.4 Å². The Kier molecular flexibility index (Phi) is 5.55. The van der Waals surface area contributed by atoms with Crippen molar-refractivity contribution in [1.29, 1.82) is 0 Å². The number of hydrogen-bond acceptors (Lipinski definition) is 5. The van der Waals surface area contributed by atoms with Crippen molar-refractivity contribution in [2.24, 2.45) is 0 Å². The number of ether oxygens (including phenoxy) is 1. The molecule has 2 heterocycles. The van der Waals surface area contributed by atoms with Crippen molar-refractivity contribution in [2.45, 2.75) is 38.8 Å². The first kappa shape index (κ1) is 19.4. The summed E-state index contributed by atoms with van der Waals surface area (Å²) >= 11 is 0. The van der Waals surface area contributed by atoms with Gasteiger partial charge in [-0.05, 0) is 25.8 Å². The van der Waals surface area contributed by atoms with E-state index in [0.29, 0.717) is 18.4 Å². The third-order valence-corrected chi connectivity index (χ3v) is 6.84. The largest absolute Gasteiger partial charge is 0.452 e. The lowest BCUT2D eigenvalue weighted by Crippen LogP contribution is -2.48. The maximum absolute atomic E-state index is 12.7. The van der Waals surface area contributed by atoms with Gasteiger partial charge in [0.2, 0.25) is 0 Å². The molecule has 0 bridgehead atoms. The fraction of sp³-hybridized carbons (Fsp3) is 0.474. The number of aromatic amines is 1. The van der Waals surface area contributed by atoms with E-state index in [1.54, 1.807) is 17.2 Å². The number of rotatable bonds is 6. The van der Waals surface area contributed by atoms with E-state index in [1.807, 2.05) is 32.0 Å². The van der Waals surface area contributed by atoms with Crippen molar-refractivity contribution in [3.63, 3.8) is 0 Å². The summed E-state index contributed by atoms with van der Waals surface area (Å²) in [5.41, 5.74) is 1.19. The molecule has 1 amide bonds. The fourth-order valence-corrected chi connectivity index (χ4v) is 5.23. The van der Waals surface area contributed by atoms with Crippen molar-refractivity contribution < 1.29 is 22.7 Å². The predicted octanol–water partition coefficient (Wildman–Crippen LogP) is 2.14. The van der Waals surface area contributed by atoms with E-state index in [2.05, 4.69) is 4.98 Å². The average molecular weight is 392 g/mol. The number of sulfone groups is 1. The summed E-state index contributed by atoms with van der Waals surface area (Å²) in [5, 5.41) is 0.732. The second-order valence-electron chi connectivity index (χ2n) is 6.94. The maximum Gasteiger partial charge on any atom is 0.340 e. The molecule has 0 radical (unpaired) electrons. The second-order valence-corrected chi connectivity index (χ2v) is 9.17. The molecular weight excluding hydrogens is 368 g/mol. The third-order valence-electron chi connectivity index (χ3n) is 5.09. The van der Waals surface area contributed by atoms with Crippen LogP contribution >= 0.6 is 0 Å². The van der Waals surface area contributed by atoms with Crippen LogP contribution in [0.3, 0.4) is 0 Å². The minimum absolute atomic E-state index is 0.0283. The van der Waals surface area contributed by atoms with Crippen LogP contribution in [0, 0.1) is 0 Å². The number of H-pyrrole nitrogens is 1. The standard InChI is InChI=1S/C19H24N2O5S/c1-3-13(2)21(14-8-9-27(24,25)12-14)18(22)11-26-19(23)16-10-20-17-7-5-4-6-15(16)17/h4-7,10,13-14,20H,3,8-9,11-12H2,1-2H3/t13-,14-/m0/s1. The Bertz CT molecular complexity index is 950. The Morgan fingerprint density at radius 1 is 1.33 bits per heavy atom. The smallest absolute Gasteiger partial charge is 0.340 e. The van der Waals surface area contributed by atoms with Crippen LogP contribution in [-0.4, -0.2) is 60.4 Å². The van der Waals surface area contributed by atoms with E-state index >= 15 is 0 Å². The van der Waals surface area contributed by atoms with Crippen LogP contribution in [-0.2, 0) is 19.4 Å². The number of fused-ring (bicyclic) bond motifs is 1. The van der Waals surface area contributed by atoms with Crippen molar-refractivity contribution in [3.8, 4) is 0 Å². The van der Waals surface area contributed by atoms with E-state index in [-0.39, 0.29) is 29.5 Å².